The topological polar surface area (TPSA) is 36.6 Å². The van der Waals surface area contributed by atoms with Gasteiger partial charge in [0.2, 0.25) is 0 Å². The van der Waals surface area contributed by atoms with Crippen LogP contribution >= 0.6 is 0 Å². The molecule has 0 bridgehead atoms. The molecule has 0 saturated carbocycles. The Hall–Kier alpha value is -1.48. The fourth-order valence-electron chi connectivity index (χ4n) is 1.92. The van der Waals surface area contributed by atoms with Crippen LogP contribution < -0.4 is 4.90 Å². The van der Waals surface area contributed by atoms with Crippen molar-refractivity contribution in [3.05, 3.63) is 30.5 Å². The standard InChI is InChI=1S/C13H17NO2/c1-13(2,15)9-14(3)11-8-16-12-7-5-4-6-10(11)12/h4-8,15H,9H2,1-3H3. The first-order chi connectivity index (χ1) is 7.47. The molecule has 0 aliphatic rings. The molecule has 1 aromatic carbocycles. The molecule has 3 heteroatoms. The number of para-hydroxylation sites is 1. The second-order valence-corrected chi connectivity index (χ2v) is 4.79. The van der Waals surface area contributed by atoms with E-state index in [1.54, 1.807) is 20.1 Å². The van der Waals surface area contributed by atoms with Gasteiger partial charge < -0.3 is 14.4 Å². The summed E-state index contributed by atoms with van der Waals surface area (Å²) in [7, 11) is 1.95. The Morgan fingerprint density at radius 2 is 2.00 bits per heavy atom. The molecule has 0 atom stereocenters. The van der Waals surface area contributed by atoms with E-state index in [2.05, 4.69) is 0 Å². The SMILES string of the molecule is CN(CC(C)(C)O)c1coc2ccccc12. The van der Waals surface area contributed by atoms with Gasteiger partial charge in [-0.3, -0.25) is 0 Å². The van der Waals surface area contributed by atoms with Gasteiger partial charge in [-0.1, -0.05) is 12.1 Å². The summed E-state index contributed by atoms with van der Waals surface area (Å²) < 4.78 is 5.46. The maximum atomic E-state index is 9.79. The van der Waals surface area contributed by atoms with Gasteiger partial charge in [0.25, 0.3) is 0 Å². The maximum absolute atomic E-state index is 9.79. The number of hydrogen-bond donors (Lipinski definition) is 1. The molecule has 1 heterocycles. The van der Waals surface area contributed by atoms with Gasteiger partial charge in [0.1, 0.15) is 11.8 Å². The molecule has 2 rings (SSSR count). The van der Waals surface area contributed by atoms with Crippen LogP contribution in [0.25, 0.3) is 11.0 Å². The third-order valence-electron chi connectivity index (χ3n) is 2.50. The first-order valence-electron chi connectivity index (χ1n) is 5.37. The number of fused-ring (bicyclic) bond motifs is 1. The van der Waals surface area contributed by atoms with E-state index in [1.165, 1.54) is 0 Å². The van der Waals surface area contributed by atoms with Crippen LogP contribution in [0, 0.1) is 0 Å². The smallest absolute Gasteiger partial charge is 0.136 e. The molecule has 3 nitrogen and oxygen atoms in total. The van der Waals surface area contributed by atoms with Crippen molar-refractivity contribution in [2.24, 2.45) is 0 Å². The highest BCUT2D eigenvalue weighted by Gasteiger charge is 2.18. The number of furan rings is 1. The van der Waals surface area contributed by atoms with Gasteiger partial charge in [-0.05, 0) is 26.0 Å². The number of hydrogen-bond acceptors (Lipinski definition) is 3. The lowest BCUT2D eigenvalue weighted by Gasteiger charge is -2.26. The molecule has 0 amide bonds. The van der Waals surface area contributed by atoms with E-state index in [0.29, 0.717) is 6.54 Å². The van der Waals surface area contributed by atoms with Crippen molar-refractivity contribution in [3.63, 3.8) is 0 Å². The lowest BCUT2D eigenvalue weighted by molar-refractivity contribution is 0.0886. The fraction of sp³-hybridized carbons (Fsp3) is 0.385. The summed E-state index contributed by atoms with van der Waals surface area (Å²) in [5.74, 6) is 0. The summed E-state index contributed by atoms with van der Waals surface area (Å²) >= 11 is 0. The van der Waals surface area contributed by atoms with Crippen LogP contribution in [0.1, 0.15) is 13.8 Å². The molecule has 0 unspecified atom stereocenters. The number of benzene rings is 1. The third-order valence-corrected chi connectivity index (χ3v) is 2.50. The Kier molecular flexibility index (Phi) is 2.64. The van der Waals surface area contributed by atoms with Crippen molar-refractivity contribution >= 4 is 16.7 Å². The zero-order valence-corrected chi connectivity index (χ0v) is 9.90. The van der Waals surface area contributed by atoms with Gasteiger partial charge in [0, 0.05) is 19.0 Å². The average Bonchev–Trinajstić information content (AvgIpc) is 2.58. The van der Waals surface area contributed by atoms with Crippen LogP contribution in [-0.2, 0) is 0 Å². The number of likely N-dealkylation sites (N-methyl/N-ethyl adjacent to an activating group) is 1. The van der Waals surface area contributed by atoms with Crippen LogP contribution in [0.5, 0.6) is 0 Å². The highest BCUT2D eigenvalue weighted by Crippen LogP contribution is 2.28. The first kappa shape index (κ1) is 11.0. The van der Waals surface area contributed by atoms with Crippen LogP contribution in [-0.4, -0.2) is 24.3 Å². The van der Waals surface area contributed by atoms with Crippen molar-refractivity contribution in [2.45, 2.75) is 19.4 Å². The Morgan fingerprint density at radius 1 is 1.31 bits per heavy atom. The number of nitrogens with zero attached hydrogens (tertiary/aromatic N) is 1. The molecule has 0 aliphatic heterocycles. The molecule has 0 radical (unpaired) electrons. The third kappa shape index (κ3) is 2.19. The largest absolute Gasteiger partial charge is 0.462 e. The van der Waals surface area contributed by atoms with Crippen molar-refractivity contribution in [2.75, 3.05) is 18.5 Å². The molecule has 86 valence electrons. The molecule has 0 fully saturated rings. The monoisotopic (exact) mass is 219 g/mol. The first-order valence-corrected chi connectivity index (χ1v) is 5.37. The Balaban J connectivity index is 2.33. The van der Waals surface area contributed by atoms with Crippen molar-refractivity contribution in [1.29, 1.82) is 0 Å². The summed E-state index contributed by atoms with van der Waals surface area (Å²) in [5, 5.41) is 10.9. The van der Waals surface area contributed by atoms with Gasteiger partial charge in [0.15, 0.2) is 0 Å². The van der Waals surface area contributed by atoms with Crippen LogP contribution in [0.2, 0.25) is 0 Å². The summed E-state index contributed by atoms with van der Waals surface area (Å²) in [6, 6.07) is 7.90. The van der Waals surface area contributed by atoms with Gasteiger partial charge >= 0.3 is 0 Å². The fourth-order valence-corrected chi connectivity index (χ4v) is 1.92. The second-order valence-electron chi connectivity index (χ2n) is 4.79. The van der Waals surface area contributed by atoms with E-state index >= 15 is 0 Å². The van der Waals surface area contributed by atoms with Crippen molar-refractivity contribution in [1.82, 2.24) is 0 Å². The summed E-state index contributed by atoms with van der Waals surface area (Å²) in [5.41, 5.74) is 1.17. The van der Waals surface area contributed by atoms with Gasteiger partial charge in [-0.25, -0.2) is 0 Å². The van der Waals surface area contributed by atoms with Crippen LogP contribution in [0.3, 0.4) is 0 Å². The molecule has 0 spiro atoms. The quantitative estimate of drug-likeness (QED) is 0.862. The molecular weight excluding hydrogens is 202 g/mol. The molecule has 1 aromatic heterocycles. The van der Waals surface area contributed by atoms with E-state index in [1.807, 2.05) is 36.2 Å². The number of aliphatic hydroxyl groups is 1. The predicted octanol–water partition coefficient (Wildman–Crippen LogP) is 2.64. The van der Waals surface area contributed by atoms with Gasteiger partial charge in [-0.2, -0.15) is 0 Å². The predicted molar refractivity (Wildman–Crippen MR) is 65.8 cm³/mol. The Bertz CT molecular complexity index is 482. The van der Waals surface area contributed by atoms with E-state index < -0.39 is 5.60 Å². The number of rotatable bonds is 3. The molecule has 0 saturated heterocycles. The molecule has 0 aliphatic carbocycles. The van der Waals surface area contributed by atoms with Crippen LogP contribution in [0.15, 0.2) is 34.9 Å². The van der Waals surface area contributed by atoms with Crippen molar-refractivity contribution in [3.8, 4) is 0 Å². The van der Waals surface area contributed by atoms with E-state index in [-0.39, 0.29) is 0 Å². The highest BCUT2D eigenvalue weighted by molar-refractivity contribution is 5.90. The number of anilines is 1. The minimum Gasteiger partial charge on any atom is -0.462 e. The second kappa shape index (κ2) is 3.83. The minimum absolute atomic E-state index is 0.566. The molecule has 2 aromatic rings. The molecule has 1 N–H and O–H groups in total. The van der Waals surface area contributed by atoms with Crippen molar-refractivity contribution < 1.29 is 9.52 Å². The van der Waals surface area contributed by atoms with Crippen LogP contribution in [0.4, 0.5) is 5.69 Å². The summed E-state index contributed by atoms with van der Waals surface area (Å²) in [4.78, 5) is 2.01. The average molecular weight is 219 g/mol. The lowest BCUT2D eigenvalue weighted by Crippen LogP contribution is -2.36. The minimum atomic E-state index is -0.715. The van der Waals surface area contributed by atoms with Gasteiger partial charge in [-0.15, -0.1) is 0 Å². The van der Waals surface area contributed by atoms with E-state index in [9.17, 15) is 5.11 Å². The molecule has 16 heavy (non-hydrogen) atoms. The zero-order chi connectivity index (χ0) is 11.8. The highest BCUT2D eigenvalue weighted by atomic mass is 16.3. The Morgan fingerprint density at radius 3 is 2.69 bits per heavy atom. The Labute approximate surface area is 95.3 Å². The zero-order valence-electron chi connectivity index (χ0n) is 9.90. The lowest BCUT2D eigenvalue weighted by atomic mass is 10.1. The van der Waals surface area contributed by atoms with E-state index in [0.717, 1.165) is 16.7 Å². The normalized spacial score (nSPS) is 12.0. The summed E-state index contributed by atoms with van der Waals surface area (Å²) in [6.45, 7) is 4.16. The summed E-state index contributed by atoms with van der Waals surface area (Å²) in [6.07, 6.45) is 1.73. The maximum Gasteiger partial charge on any atom is 0.136 e. The van der Waals surface area contributed by atoms with E-state index in [4.69, 9.17) is 4.42 Å². The van der Waals surface area contributed by atoms with Gasteiger partial charge in [0.05, 0.1) is 11.3 Å². The molecular formula is C13H17NO2.